The molecule has 1 N–H and O–H groups in total. The van der Waals surface area contributed by atoms with Crippen LogP contribution in [-0.2, 0) is 14.0 Å². The molecule has 0 aliphatic rings. The summed E-state index contributed by atoms with van der Waals surface area (Å²) in [6, 6.07) is -0.225. The lowest BCUT2D eigenvalue weighted by molar-refractivity contribution is -0.122. The van der Waals surface area contributed by atoms with Gasteiger partial charge in [0.15, 0.2) is 13.4 Å². The number of hydrogen-bond acceptors (Lipinski definition) is 4. The van der Waals surface area contributed by atoms with Gasteiger partial charge in [0.25, 0.3) is 0 Å². The maximum atomic E-state index is 12.4. The molecule has 0 fully saturated rings. The molecule has 0 saturated heterocycles. The Morgan fingerprint density at radius 2 is 1.47 bits per heavy atom. The maximum Gasteiger partial charge on any atom is 0.220 e. The van der Waals surface area contributed by atoms with Gasteiger partial charge in [-0.2, -0.15) is 0 Å². The SMILES string of the molecule is CCCCCCCCCCCC(=O)NC(CO[Si](C)(C)C(C)(C)C)CC(=O)SCC. The molecule has 0 rings (SSSR count). The van der Waals surface area contributed by atoms with Gasteiger partial charge in [0.05, 0.1) is 12.6 Å². The Morgan fingerprint density at radius 1 is 0.933 bits per heavy atom. The fourth-order valence-electron chi connectivity index (χ4n) is 2.99. The van der Waals surface area contributed by atoms with E-state index in [4.69, 9.17) is 4.43 Å². The van der Waals surface area contributed by atoms with Crippen molar-refractivity contribution < 1.29 is 14.0 Å². The molecule has 0 aromatic heterocycles. The van der Waals surface area contributed by atoms with Gasteiger partial charge in [-0.1, -0.05) is 97.7 Å². The van der Waals surface area contributed by atoms with Crippen LogP contribution in [0.15, 0.2) is 0 Å². The first-order valence-electron chi connectivity index (χ1n) is 12.1. The summed E-state index contributed by atoms with van der Waals surface area (Å²) in [5.74, 6) is 0.817. The highest BCUT2D eigenvalue weighted by atomic mass is 32.2. The Bertz CT molecular complexity index is 478. The molecule has 1 atom stereocenters. The molecule has 0 aliphatic heterocycles. The molecule has 1 unspecified atom stereocenters. The third-order valence-corrected chi connectivity index (χ3v) is 11.3. The topological polar surface area (TPSA) is 55.4 Å². The van der Waals surface area contributed by atoms with Gasteiger partial charge < -0.3 is 9.74 Å². The number of unbranched alkanes of at least 4 members (excludes halogenated alkanes) is 8. The lowest BCUT2D eigenvalue weighted by atomic mass is 10.1. The number of carbonyl (C=O) groups excluding carboxylic acids is 2. The monoisotopic (exact) mass is 459 g/mol. The van der Waals surface area contributed by atoms with Gasteiger partial charge in [0.1, 0.15) is 0 Å². The van der Waals surface area contributed by atoms with Crippen molar-refractivity contribution in [2.45, 2.75) is 129 Å². The Kier molecular flexibility index (Phi) is 16.1. The Labute approximate surface area is 192 Å². The standard InChI is InChI=1S/C24H49NO3SSi/c1-8-10-11-12-13-14-15-16-17-18-22(26)25-21(19-23(27)29-9-2)20-28-30(6,7)24(3,4)5/h21H,8-20H2,1-7H3,(H,25,26). The third kappa shape index (κ3) is 14.6. The lowest BCUT2D eigenvalue weighted by Gasteiger charge is -2.37. The third-order valence-electron chi connectivity index (χ3n) is 6.04. The van der Waals surface area contributed by atoms with Crippen molar-refractivity contribution in [3.05, 3.63) is 0 Å². The minimum Gasteiger partial charge on any atom is -0.415 e. The van der Waals surface area contributed by atoms with E-state index in [0.29, 0.717) is 19.4 Å². The Morgan fingerprint density at radius 3 is 1.97 bits per heavy atom. The molecule has 0 aliphatic carbocycles. The molecule has 0 saturated carbocycles. The zero-order valence-electron chi connectivity index (χ0n) is 20.9. The number of rotatable bonds is 17. The summed E-state index contributed by atoms with van der Waals surface area (Å²) in [5.41, 5.74) is 0. The number of nitrogens with one attached hydrogen (secondary N) is 1. The first kappa shape index (κ1) is 29.7. The summed E-state index contributed by atoms with van der Waals surface area (Å²) in [5, 5.41) is 3.32. The molecule has 0 radical (unpaired) electrons. The van der Waals surface area contributed by atoms with Crippen LogP contribution in [0.5, 0.6) is 0 Å². The second kappa shape index (κ2) is 16.3. The van der Waals surface area contributed by atoms with Crippen molar-refractivity contribution >= 4 is 31.1 Å². The second-order valence-electron chi connectivity index (χ2n) is 9.92. The van der Waals surface area contributed by atoms with Crippen molar-refractivity contribution in [1.82, 2.24) is 5.32 Å². The molecular formula is C24H49NO3SSi. The minimum absolute atomic E-state index is 0.0519. The fourth-order valence-corrected chi connectivity index (χ4v) is 4.69. The summed E-state index contributed by atoms with van der Waals surface area (Å²) in [4.78, 5) is 24.6. The summed E-state index contributed by atoms with van der Waals surface area (Å²) < 4.78 is 6.30. The average Bonchev–Trinajstić information content (AvgIpc) is 2.64. The van der Waals surface area contributed by atoms with E-state index in [9.17, 15) is 9.59 Å². The van der Waals surface area contributed by atoms with Crippen LogP contribution in [0.2, 0.25) is 18.1 Å². The molecule has 0 aromatic carbocycles. The van der Waals surface area contributed by atoms with E-state index in [1.807, 2.05) is 6.92 Å². The van der Waals surface area contributed by atoms with E-state index in [1.165, 1.54) is 56.7 Å². The highest BCUT2D eigenvalue weighted by Crippen LogP contribution is 2.36. The highest BCUT2D eigenvalue weighted by Gasteiger charge is 2.37. The first-order valence-corrected chi connectivity index (χ1v) is 16.0. The van der Waals surface area contributed by atoms with Crippen molar-refractivity contribution in [2.24, 2.45) is 0 Å². The highest BCUT2D eigenvalue weighted by molar-refractivity contribution is 8.13. The van der Waals surface area contributed by atoms with E-state index in [-0.39, 0.29) is 22.1 Å². The molecule has 0 aromatic rings. The molecule has 0 heterocycles. The molecule has 1 amide bonds. The van der Waals surface area contributed by atoms with Crippen molar-refractivity contribution in [2.75, 3.05) is 12.4 Å². The van der Waals surface area contributed by atoms with E-state index in [1.54, 1.807) is 0 Å². The normalized spacial score (nSPS) is 13.3. The summed E-state index contributed by atoms with van der Waals surface area (Å²) in [6.45, 7) is 15.7. The number of thioether (sulfide) groups is 1. The van der Waals surface area contributed by atoms with Crippen LogP contribution in [0.4, 0.5) is 0 Å². The first-order chi connectivity index (χ1) is 14.0. The van der Waals surface area contributed by atoms with Crippen LogP contribution < -0.4 is 5.32 Å². The van der Waals surface area contributed by atoms with Crippen LogP contribution in [0.25, 0.3) is 0 Å². The zero-order valence-corrected chi connectivity index (χ0v) is 22.7. The van der Waals surface area contributed by atoms with Crippen molar-refractivity contribution in [1.29, 1.82) is 0 Å². The number of carbonyl (C=O) groups is 2. The van der Waals surface area contributed by atoms with Crippen LogP contribution >= 0.6 is 11.8 Å². The van der Waals surface area contributed by atoms with Crippen molar-refractivity contribution in [3.63, 3.8) is 0 Å². The Balaban J connectivity index is 4.34. The predicted molar refractivity (Wildman–Crippen MR) is 135 cm³/mol. The van der Waals surface area contributed by atoms with Crippen LogP contribution in [0, 0.1) is 0 Å². The summed E-state index contributed by atoms with van der Waals surface area (Å²) >= 11 is 1.32. The van der Waals surface area contributed by atoms with Crippen molar-refractivity contribution in [3.8, 4) is 0 Å². The largest absolute Gasteiger partial charge is 0.415 e. The quantitative estimate of drug-likeness (QED) is 0.186. The maximum absolute atomic E-state index is 12.4. The van der Waals surface area contributed by atoms with Gasteiger partial charge >= 0.3 is 0 Å². The molecule has 6 heteroatoms. The van der Waals surface area contributed by atoms with Gasteiger partial charge in [0, 0.05) is 12.8 Å². The lowest BCUT2D eigenvalue weighted by Crippen LogP contribution is -2.46. The number of amides is 1. The van der Waals surface area contributed by atoms with Gasteiger partial charge in [-0.15, -0.1) is 0 Å². The van der Waals surface area contributed by atoms with Gasteiger partial charge in [-0.05, 0) is 30.3 Å². The van der Waals surface area contributed by atoms with Gasteiger partial charge in [-0.3, -0.25) is 9.59 Å². The second-order valence-corrected chi connectivity index (χ2v) is 16.1. The predicted octanol–water partition coefficient (Wildman–Crippen LogP) is 7.08. The molecule has 0 bridgehead atoms. The average molecular weight is 460 g/mol. The molecule has 178 valence electrons. The summed E-state index contributed by atoms with van der Waals surface area (Å²) in [7, 11) is -1.91. The molecule has 0 spiro atoms. The minimum atomic E-state index is -1.91. The smallest absolute Gasteiger partial charge is 0.220 e. The van der Waals surface area contributed by atoms with E-state index < -0.39 is 8.32 Å². The van der Waals surface area contributed by atoms with Gasteiger partial charge in [0.2, 0.25) is 5.91 Å². The zero-order chi connectivity index (χ0) is 23.0. The van der Waals surface area contributed by atoms with Crippen LogP contribution in [0.1, 0.15) is 105 Å². The molecule has 4 nitrogen and oxygen atoms in total. The molecule has 30 heavy (non-hydrogen) atoms. The van der Waals surface area contributed by atoms with E-state index >= 15 is 0 Å². The summed E-state index contributed by atoms with van der Waals surface area (Å²) in [6.07, 6.45) is 12.1. The van der Waals surface area contributed by atoms with E-state index in [2.05, 4.69) is 46.1 Å². The van der Waals surface area contributed by atoms with Crippen LogP contribution in [0.3, 0.4) is 0 Å². The van der Waals surface area contributed by atoms with E-state index in [0.717, 1.165) is 18.6 Å². The van der Waals surface area contributed by atoms with Crippen LogP contribution in [-0.4, -0.2) is 37.7 Å². The number of hydrogen-bond donors (Lipinski definition) is 1. The molecular weight excluding hydrogens is 410 g/mol. The Hall–Kier alpha value is -0.333. The fraction of sp³-hybridized carbons (Fsp3) is 0.917. The van der Waals surface area contributed by atoms with Gasteiger partial charge in [-0.25, -0.2) is 0 Å².